The summed E-state index contributed by atoms with van der Waals surface area (Å²) in [5.74, 6) is 0.807. The number of piperidine rings is 1. The average Bonchev–Trinajstić information content (AvgIpc) is 1.87. The van der Waals surface area contributed by atoms with Gasteiger partial charge < -0.3 is 5.32 Å². The van der Waals surface area contributed by atoms with Gasteiger partial charge in [-0.05, 0) is 30.8 Å². The summed E-state index contributed by atoms with van der Waals surface area (Å²) in [4.78, 5) is 0. The van der Waals surface area contributed by atoms with E-state index in [1.807, 2.05) is 0 Å². The molecule has 1 fully saturated rings. The van der Waals surface area contributed by atoms with E-state index in [-0.39, 0.29) is 0 Å². The first-order valence-corrected chi connectivity index (χ1v) is 5.05. The minimum Gasteiger partial charge on any atom is -0.316 e. The number of rotatable bonds is 1. The largest absolute Gasteiger partial charge is 0.316 e. The van der Waals surface area contributed by atoms with Crippen molar-refractivity contribution in [2.45, 2.75) is 20.3 Å². The van der Waals surface area contributed by atoms with Crippen LogP contribution in [0, 0.1) is 11.3 Å². The summed E-state index contributed by atoms with van der Waals surface area (Å²) < 4.78 is 0. The quantitative estimate of drug-likeness (QED) is 0.647. The molecule has 0 aromatic rings. The third kappa shape index (κ3) is 1.73. The minimum atomic E-state index is 0.536. The van der Waals surface area contributed by atoms with E-state index in [1.165, 1.54) is 19.5 Å². The van der Waals surface area contributed by atoms with Crippen molar-refractivity contribution in [3.8, 4) is 0 Å². The molecule has 0 aromatic carbocycles. The van der Waals surface area contributed by atoms with Gasteiger partial charge in [0.25, 0.3) is 0 Å². The van der Waals surface area contributed by atoms with Gasteiger partial charge in [-0.2, -0.15) is 0 Å². The number of hydrogen-bond acceptors (Lipinski definition) is 1. The van der Waals surface area contributed by atoms with Gasteiger partial charge in [-0.25, -0.2) is 0 Å². The lowest BCUT2D eigenvalue weighted by Gasteiger charge is -2.38. The van der Waals surface area contributed by atoms with Crippen LogP contribution in [0.4, 0.5) is 0 Å². The highest BCUT2D eigenvalue weighted by Gasteiger charge is 2.30. The Morgan fingerprint density at radius 3 is 2.70 bits per heavy atom. The van der Waals surface area contributed by atoms with E-state index in [2.05, 4.69) is 35.1 Å². The van der Waals surface area contributed by atoms with E-state index in [9.17, 15) is 0 Å². The number of halogens is 1. The Balaban J connectivity index is 2.51. The molecule has 0 radical (unpaired) electrons. The highest BCUT2D eigenvalue weighted by molar-refractivity contribution is 9.09. The Kier molecular flexibility index (Phi) is 2.75. The summed E-state index contributed by atoms with van der Waals surface area (Å²) in [6.07, 6.45) is 1.31. The fourth-order valence-corrected chi connectivity index (χ4v) is 2.54. The van der Waals surface area contributed by atoms with Gasteiger partial charge in [0.2, 0.25) is 0 Å². The molecule has 1 aliphatic rings. The molecular weight excluding hydrogens is 190 g/mol. The number of hydrogen-bond donors (Lipinski definition) is 1. The molecule has 60 valence electrons. The molecule has 2 heteroatoms. The van der Waals surface area contributed by atoms with Crippen LogP contribution in [0.2, 0.25) is 0 Å². The zero-order chi connectivity index (χ0) is 7.61. The van der Waals surface area contributed by atoms with Crippen molar-refractivity contribution in [3.05, 3.63) is 0 Å². The van der Waals surface area contributed by atoms with E-state index >= 15 is 0 Å². The van der Waals surface area contributed by atoms with Crippen LogP contribution in [0.3, 0.4) is 0 Å². The van der Waals surface area contributed by atoms with Crippen molar-refractivity contribution in [2.24, 2.45) is 11.3 Å². The summed E-state index contributed by atoms with van der Waals surface area (Å²) >= 11 is 3.55. The molecule has 0 saturated carbocycles. The molecule has 1 atom stereocenters. The third-order valence-electron chi connectivity index (χ3n) is 2.63. The standard InChI is InChI=1S/C8H16BrN/c1-8(2)3-4-10-6-7(8)5-9/h7,10H,3-6H2,1-2H3. The van der Waals surface area contributed by atoms with E-state index in [0.717, 1.165) is 11.2 Å². The SMILES string of the molecule is CC1(C)CCNCC1CBr. The van der Waals surface area contributed by atoms with Crippen molar-refractivity contribution >= 4 is 15.9 Å². The maximum absolute atomic E-state index is 3.55. The van der Waals surface area contributed by atoms with Crippen LogP contribution in [0.1, 0.15) is 20.3 Å². The zero-order valence-corrected chi connectivity index (χ0v) is 8.37. The molecule has 1 saturated heterocycles. The van der Waals surface area contributed by atoms with Crippen molar-refractivity contribution in [1.82, 2.24) is 5.32 Å². The molecule has 1 N–H and O–H groups in total. The maximum atomic E-state index is 3.55. The Labute approximate surface area is 71.7 Å². The normalized spacial score (nSPS) is 32.1. The topological polar surface area (TPSA) is 12.0 Å². The van der Waals surface area contributed by atoms with Crippen molar-refractivity contribution in [2.75, 3.05) is 18.4 Å². The molecule has 0 aliphatic carbocycles. The van der Waals surface area contributed by atoms with Crippen molar-refractivity contribution in [1.29, 1.82) is 0 Å². The Bertz CT molecular complexity index is 112. The van der Waals surface area contributed by atoms with Crippen LogP contribution in [0.25, 0.3) is 0 Å². The molecule has 1 unspecified atom stereocenters. The average molecular weight is 206 g/mol. The second-order valence-corrected chi connectivity index (χ2v) is 4.44. The molecule has 1 aliphatic heterocycles. The molecule has 1 heterocycles. The third-order valence-corrected chi connectivity index (χ3v) is 3.41. The molecule has 0 aromatic heterocycles. The molecule has 1 rings (SSSR count). The first kappa shape index (κ1) is 8.54. The fraction of sp³-hybridized carbons (Fsp3) is 1.00. The van der Waals surface area contributed by atoms with Crippen LogP contribution >= 0.6 is 15.9 Å². The van der Waals surface area contributed by atoms with Crippen LogP contribution in [0.5, 0.6) is 0 Å². The van der Waals surface area contributed by atoms with E-state index in [1.54, 1.807) is 0 Å². The highest BCUT2D eigenvalue weighted by atomic mass is 79.9. The highest BCUT2D eigenvalue weighted by Crippen LogP contribution is 2.33. The van der Waals surface area contributed by atoms with Crippen molar-refractivity contribution < 1.29 is 0 Å². The van der Waals surface area contributed by atoms with Gasteiger partial charge in [-0.3, -0.25) is 0 Å². The maximum Gasteiger partial charge on any atom is 0.00769 e. The van der Waals surface area contributed by atoms with Gasteiger partial charge in [0, 0.05) is 5.33 Å². The summed E-state index contributed by atoms with van der Waals surface area (Å²) in [6.45, 7) is 7.09. The van der Waals surface area contributed by atoms with Crippen LogP contribution in [-0.4, -0.2) is 18.4 Å². The van der Waals surface area contributed by atoms with Gasteiger partial charge in [0.1, 0.15) is 0 Å². The molecule has 10 heavy (non-hydrogen) atoms. The lowest BCUT2D eigenvalue weighted by atomic mass is 9.75. The Morgan fingerprint density at radius 2 is 2.30 bits per heavy atom. The number of alkyl halides is 1. The monoisotopic (exact) mass is 205 g/mol. The smallest absolute Gasteiger partial charge is 0.00769 e. The fourth-order valence-electron chi connectivity index (χ4n) is 1.43. The Hall–Kier alpha value is 0.440. The second kappa shape index (κ2) is 3.22. The summed E-state index contributed by atoms with van der Waals surface area (Å²) in [5.41, 5.74) is 0.536. The van der Waals surface area contributed by atoms with Gasteiger partial charge in [0.05, 0.1) is 0 Å². The number of nitrogens with one attached hydrogen (secondary N) is 1. The lowest BCUT2D eigenvalue weighted by molar-refractivity contribution is 0.174. The molecule has 0 amide bonds. The predicted octanol–water partition coefficient (Wildman–Crippen LogP) is 2.02. The van der Waals surface area contributed by atoms with Gasteiger partial charge in [0.15, 0.2) is 0 Å². The molecule has 0 spiro atoms. The van der Waals surface area contributed by atoms with E-state index < -0.39 is 0 Å². The van der Waals surface area contributed by atoms with E-state index in [4.69, 9.17) is 0 Å². The summed E-state index contributed by atoms with van der Waals surface area (Å²) in [7, 11) is 0. The minimum absolute atomic E-state index is 0.536. The van der Waals surface area contributed by atoms with E-state index in [0.29, 0.717) is 5.41 Å². The van der Waals surface area contributed by atoms with Gasteiger partial charge >= 0.3 is 0 Å². The van der Waals surface area contributed by atoms with Gasteiger partial charge in [-0.1, -0.05) is 29.8 Å². The van der Waals surface area contributed by atoms with Crippen LogP contribution in [0.15, 0.2) is 0 Å². The first-order valence-electron chi connectivity index (χ1n) is 3.93. The molecule has 0 bridgehead atoms. The summed E-state index contributed by atoms with van der Waals surface area (Å²) in [6, 6.07) is 0. The van der Waals surface area contributed by atoms with Crippen LogP contribution in [-0.2, 0) is 0 Å². The van der Waals surface area contributed by atoms with Gasteiger partial charge in [-0.15, -0.1) is 0 Å². The molecule has 1 nitrogen and oxygen atoms in total. The second-order valence-electron chi connectivity index (χ2n) is 3.79. The lowest BCUT2D eigenvalue weighted by Crippen LogP contribution is -2.42. The van der Waals surface area contributed by atoms with Crippen LogP contribution < -0.4 is 5.32 Å². The predicted molar refractivity (Wildman–Crippen MR) is 48.6 cm³/mol. The Morgan fingerprint density at radius 1 is 1.60 bits per heavy atom. The van der Waals surface area contributed by atoms with Crippen molar-refractivity contribution in [3.63, 3.8) is 0 Å². The molecular formula is C8H16BrN. The summed E-state index contributed by atoms with van der Waals surface area (Å²) in [5, 5.41) is 4.54. The zero-order valence-electron chi connectivity index (χ0n) is 6.78. The first-order chi connectivity index (χ1) is 4.67.